The first-order valence-corrected chi connectivity index (χ1v) is 11.7. The number of pyridine rings is 1. The molecule has 3 aromatic rings. The van der Waals surface area contributed by atoms with E-state index in [0.29, 0.717) is 16.8 Å². The van der Waals surface area contributed by atoms with Crippen molar-refractivity contribution in [2.45, 2.75) is 32.1 Å². The standard InChI is InChI=1S/C24H28ClN7/c25-21-15-29-24-31-20-11-17(13-27-14-20)1-2-18-12-19(30-23(21)32-24)3-4-22(18)28-10-7-16-5-8-26-9-6-16/h3-4,11-16,26,28H,1-2,5-10H2,(H2,29,30,31,32). The molecule has 2 aliphatic rings. The summed E-state index contributed by atoms with van der Waals surface area (Å²) in [5.41, 5.74) is 5.45. The number of aryl methyl sites for hydroxylation is 2. The molecule has 1 saturated heterocycles. The van der Waals surface area contributed by atoms with E-state index in [1.54, 1.807) is 12.4 Å². The van der Waals surface area contributed by atoms with Crippen molar-refractivity contribution in [3.63, 3.8) is 0 Å². The van der Waals surface area contributed by atoms with Crippen molar-refractivity contribution in [2.75, 3.05) is 35.6 Å². The molecular formula is C24H28ClN7. The predicted octanol–water partition coefficient (Wildman–Crippen LogP) is 4.91. The Morgan fingerprint density at radius 3 is 2.81 bits per heavy atom. The Bertz CT molecular complexity index is 1080. The maximum Gasteiger partial charge on any atom is 0.229 e. The summed E-state index contributed by atoms with van der Waals surface area (Å²) in [5, 5.41) is 14.2. The van der Waals surface area contributed by atoms with Crippen LogP contribution in [0.5, 0.6) is 0 Å². The molecule has 0 aliphatic carbocycles. The van der Waals surface area contributed by atoms with E-state index < -0.39 is 0 Å². The number of aromatic nitrogens is 3. The number of rotatable bonds is 4. The summed E-state index contributed by atoms with van der Waals surface area (Å²) in [6.45, 7) is 3.28. The minimum absolute atomic E-state index is 0.475. The van der Waals surface area contributed by atoms with Crippen LogP contribution in [0.4, 0.5) is 28.8 Å². The zero-order valence-corrected chi connectivity index (χ0v) is 18.8. The van der Waals surface area contributed by atoms with E-state index >= 15 is 0 Å². The van der Waals surface area contributed by atoms with Gasteiger partial charge in [-0.25, -0.2) is 4.98 Å². The first kappa shape index (κ1) is 21.0. The van der Waals surface area contributed by atoms with Gasteiger partial charge in [0.1, 0.15) is 5.02 Å². The number of fused-ring (bicyclic) bond motifs is 6. The molecule has 6 bridgehead atoms. The van der Waals surface area contributed by atoms with Crippen LogP contribution in [0.3, 0.4) is 0 Å². The maximum atomic E-state index is 6.36. The van der Waals surface area contributed by atoms with Crippen LogP contribution in [-0.2, 0) is 12.8 Å². The summed E-state index contributed by atoms with van der Waals surface area (Å²) in [6, 6.07) is 8.52. The van der Waals surface area contributed by atoms with E-state index in [-0.39, 0.29) is 0 Å². The van der Waals surface area contributed by atoms with Crippen molar-refractivity contribution in [3.05, 3.63) is 59.0 Å². The number of halogens is 1. The number of nitrogens with zero attached hydrogens (tertiary/aromatic N) is 3. The van der Waals surface area contributed by atoms with Gasteiger partial charge < -0.3 is 21.3 Å². The highest BCUT2D eigenvalue weighted by atomic mass is 35.5. The van der Waals surface area contributed by atoms with Gasteiger partial charge in [0.25, 0.3) is 0 Å². The van der Waals surface area contributed by atoms with E-state index in [0.717, 1.165) is 49.8 Å². The number of piperidine rings is 1. The Balaban J connectivity index is 1.40. The highest BCUT2D eigenvalue weighted by Gasteiger charge is 2.14. The van der Waals surface area contributed by atoms with Crippen molar-refractivity contribution in [2.24, 2.45) is 5.92 Å². The fourth-order valence-electron chi connectivity index (χ4n) is 4.38. The topological polar surface area (TPSA) is 86.8 Å². The van der Waals surface area contributed by atoms with Crippen LogP contribution < -0.4 is 21.3 Å². The van der Waals surface area contributed by atoms with E-state index in [2.05, 4.69) is 60.5 Å². The molecule has 0 unspecified atom stereocenters. The zero-order chi connectivity index (χ0) is 21.8. The van der Waals surface area contributed by atoms with Gasteiger partial charge in [-0.2, -0.15) is 4.98 Å². The van der Waals surface area contributed by atoms with Crippen LogP contribution in [0.25, 0.3) is 0 Å². The third-order valence-electron chi connectivity index (χ3n) is 6.17. The second-order valence-corrected chi connectivity index (χ2v) is 8.91. The number of benzene rings is 1. The highest BCUT2D eigenvalue weighted by Crippen LogP contribution is 2.29. The van der Waals surface area contributed by atoms with E-state index in [1.807, 2.05) is 6.20 Å². The SMILES string of the molecule is Clc1cnc2nc1Nc1ccc(NCCC3CCNCC3)c(c1)CCc1cncc(c1)N2. The quantitative estimate of drug-likeness (QED) is 0.450. The second kappa shape index (κ2) is 9.71. The van der Waals surface area contributed by atoms with Crippen molar-refractivity contribution in [1.82, 2.24) is 20.3 Å². The third kappa shape index (κ3) is 5.11. The molecular weight excluding hydrogens is 422 g/mol. The monoisotopic (exact) mass is 449 g/mol. The molecule has 0 atom stereocenters. The molecule has 4 N–H and O–H groups in total. The van der Waals surface area contributed by atoms with Crippen LogP contribution in [0.15, 0.2) is 42.9 Å². The van der Waals surface area contributed by atoms with E-state index in [1.165, 1.54) is 36.1 Å². The number of anilines is 5. The minimum atomic E-state index is 0.475. The molecule has 1 aromatic carbocycles. The van der Waals surface area contributed by atoms with Crippen molar-refractivity contribution in [3.8, 4) is 0 Å². The fourth-order valence-corrected chi connectivity index (χ4v) is 4.52. The number of hydrogen-bond donors (Lipinski definition) is 4. The van der Waals surface area contributed by atoms with Gasteiger partial charge in [-0.05, 0) is 86.5 Å². The molecule has 0 amide bonds. The van der Waals surface area contributed by atoms with Gasteiger partial charge in [-0.1, -0.05) is 11.6 Å². The molecule has 8 heteroatoms. The minimum Gasteiger partial charge on any atom is -0.385 e. The number of hydrogen-bond acceptors (Lipinski definition) is 7. The molecule has 166 valence electrons. The van der Waals surface area contributed by atoms with Gasteiger partial charge in [-0.3, -0.25) is 4.98 Å². The fraction of sp³-hybridized carbons (Fsp3) is 0.375. The first-order valence-electron chi connectivity index (χ1n) is 11.3. The van der Waals surface area contributed by atoms with E-state index in [9.17, 15) is 0 Å². The normalized spacial score (nSPS) is 16.0. The van der Waals surface area contributed by atoms with E-state index in [4.69, 9.17) is 11.6 Å². The van der Waals surface area contributed by atoms with Crippen LogP contribution >= 0.6 is 11.6 Å². The average Bonchev–Trinajstić information content (AvgIpc) is 2.82. The summed E-state index contributed by atoms with van der Waals surface area (Å²) in [5.74, 6) is 1.86. The van der Waals surface area contributed by atoms with Crippen LogP contribution in [0.1, 0.15) is 30.4 Å². The van der Waals surface area contributed by atoms with Gasteiger partial charge in [0, 0.05) is 24.1 Å². The molecule has 5 rings (SSSR count). The lowest BCUT2D eigenvalue weighted by Gasteiger charge is -2.23. The van der Waals surface area contributed by atoms with Crippen molar-refractivity contribution < 1.29 is 0 Å². The van der Waals surface area contributed by atoms with Gasteiger partial charge in [0.05, 0.1) is 18.1 Å². The second-order valence-electron chi connectivity index (χ2n) is 8.50. The van der Waals surface area contributed by atoms with Gasteiger partial charge in [-0.15, -0.1) is 0 Å². The van der Waals surface area contributed by atoms with Crippen molar-refractivity contribution >= 4 is 40.4 Å². The molecule has 0 spiro atoms. The van der Waals surface area contributed by atoms with Gasteiger partial charge >= 0.3 is 0 Å². The first-order chi connectivity index (χ1) is 15.7. The van der Waals surface area contributed by atoms with Crippen LogP contribution in [0, 0.1) is 5.92 Å². The molecule has 32 heavy (non-hydrogen) atoms. The summed E-state index contributed by atoms with van der Waals surface area (Å²) < 4.78 is 0. The Morgan fingerprint density at radius 1 is 1.00 bits per heavy atom. The summed E-state index contributed by atoms with van der Waals surface area (Å²) in [6.07, 6.45) is 10.9. The highest BCUT2D eigenvalue weighted by molar-refractivity contribution is 6.32. The number of nitrogens with one attached hydrogen (secondary N) is 4. The lowest BCUT2D eigenvalue weighted by atomic mass is 9.94. The third-order valence-corrected chi connectivity index (χ3v) is 6.45. The zero-order valence-electron chi connectivity index (χ0n) is 18.0. The molecule has 0 radical (unpaired) electrons. The average molecular weight is 450 g/mol. The van der Waals surface area contributed by atoms with Gasteiger partial charge in [0.15, 0.2) is 5.82 Å². The lowest BCUT2D eigenvalue weighted by Crippen LogP contribution is -2.28. The summed E-state index contributed by atoms with van der Waals surface area (Å²) >= 11 is 6.36. The lowest BCUT2D eigenvalue weighted by molar-refractivity contribution is 0.361. The van der Waals surface area contributed by atoms with Crippen LogP contribution in [-0.4, -0.2) is 34.6 Å². The van der Waals surface area contributed by atoms with Gasteiger partial charge in [0.2, 0.25) is 5.95 Å². The Labute approximate surface area is 193 Å². The van der Waals surface area contributed by atoms with Crippen LogP contribution in [0.2, 0.25) is 5.02 Å². The molecule has 4 heterocycles. The molecule has 7 nitrogen and oxygen atoms in total. The van der Waals surface area contributed by atoms with Crippen molar-refractivity contribution in [1.29, 1.82) is 0 Å². The molecule has 0 saturated carbocycles. The molecule has 2 aromatic heterocycles. The smallest absolute Gasteiger partial charge is 0.229 e. The Hall–Kier alpha value is -2.90. The summed E-state index contributed by atoms with van der Waals surface area (Å²) in [4.78, 5) is 13.2. The maximum absolute atomic E-state index is 6.36. The Morgan fingerprint density at radius 2 is 1.91 bits per heavy atom. The molecule has 1 fully saturated rings. The Kier molecular flexibility index (Phi) is 6.36. The predicted molar refractivity (Wildman–Crippen MR) is 130 cm³/mol. The summed E-state index contributed by atoms with van der Waals surface area (Å²) in [7, 11) is 0. The largest absolute Gasteiger partial charge is 0.385 e. The molecule has 2 aliphatic heterocycles.